The number of fused-ring (bicyclic) bond motifs is 1. The normalized spacial score (nSPS) is 12.2. The molecule has 0 fully saturated rings. The van der Waals surface area contributed by atoms with Crippen LogP contribution < -0.4 is 5.32 Å². The van der Waals surface area contributed by atoms with Crippen LogP contribution in [0.5, 0.6) is 0 Å². The van der Waals surface area contributed by atoms with Crippen molar-refractivity contribution in [2.75, 3.05) is 0 Å². The highest BCUT2D eigenvalue weighted by atomic mass is 32.1. The third-order valence-corrected chi connectivity index (χ3v) is 5.41. The Morgan fingerprint density at radius 3 is 2.58 bits per heavy atom. The van der Waals surface area contributed by atoms with Gasteiger partial charge >= 0.3 is 0 Å². The minimum Gasteiger partial charge on any atom is -0.451 e. The third-order valence-electron chi connectivity index (χ3n) is 4.47. The van der Waals surface area contributed by atoms with Crippen LogP contribution in [-0.4, -0.2) is 5.91 Å². The van der Waals surface area contributed by atoms with Crippen LogP contribution in [0.4, 0.5) is 0 Å². The fourth-order valence-corrected chi connectivity index (χ4v) is 3.82. The van der Waals surface area contributed by atoms with Crippen LogP contribution in [0.25, 0.3) is 11.0 Å². The summed E-state index contributed by atoms with van der Waals surface area (Å²) in [5, 5.41) is 6.08. The standard InChI is InChI=1S/C22H19NO2S/c1-2-15-9-11-16(12-10-15)21(20-8-5-13-26-20)23-22(24)19-14-17-6-3-4-7-18(17)25-19/h3-14,21H,2H2,1H3,(H,23,24)/t21-/m0/s1. The lowest BCUT2D eigenvalue weighted by atomic mass is 10.0. The summed E-state index contributed by atoms with van der Waals surface area (Å²) >= 11 is 1.63. The molecule has 1 amide bonds. The quantitative estimate of drug-likeness (QED) is 0.504. The Hall–Kier alpha value is -2.85. The maximum atomic E-state index is 12.8. The van der Waals surface area contributed by atoms with Crippen molar-refractivity contribution in [2.45, 2.75) is 19.4 Å². The first-order chi connectivity index (χ1) is 12.7. The van der Waals surface area contributed by atoms with E-state index in [1.54, 1.807) is 17.4 Å². The Kier molecular flexibility index (Phi) is 4.59. The zero-order chi connectivity index (χ0) is 17.9. The Labute approximate surface area is 156 Å². The molecule has 1 N–H and O–H groups in total. The molecule has 2 aromatic carbocycles. The third kappa shape index (κ3) is 3.28. The smallest absolute Gasteiger partial charge is 0.287 e. The molecular weight excluding hydrogens is 342 g/mol. The number of nitrogens with one attached hydrogen (secondary N) is 1. The number of para-hydroxylation sites is 1. The van der Waals surface area contributed by atoms with Gasteiger partial charge in [-0.2, -0.15) is 0 Å². The summed E-state index contributed by atoms with van der Waals surface area (Å²) in [6.45, 7) is 2.13. The molecule has 0 saturated heterocycles. The topological polar surface area (TPSA) is 42.2 Å². The summed E-state index contributed by atoms with van der Waals surface area (Å²) in [5.74, 6) is 0.122. The fourth-order valence-electron chi connectivity index (χ4n) is 3.02. The monoisotopic (exact) mass is 361 g/mol. The van der Waals surface area contributed by atoms with Gasteiger partial charge in [-0.05, 0) is 41.1 Å². The summed E-state index contributed by atoms with van der Waals surface area (Å²) in [4.78, 5) is 13.9. The van der Waals surface area contributed by atoms with Crippen LogP contribution in [0.3, 0.4) is 0 Å². The number of benzene rings is 2. The minimum atomic E-state index is -0.209. The molecule has 3 nitrogen and oxygen atoms in total. The highest BCUT2D eigenvalue weighted by Gasteiger charge is 2.21. The van der Waals surface area contributed by atoms with Crippen LogP contribution in [0, 0.1) is 0 Å². The van der Waals surface area contributed by atoms with Gasteiger partial charge in [0, 0.05) is 10.3 Å². The maximum absolute atomic E-state index is 12.8. The van der Waals surface area contributed by atoms with Crippen molar-refractivity contribution in [3.8, 4) is 0 Å². The zero-order valence-corrected chi connectivity index (χ0v) is 15.3. The van der Waals surface area contributed by atoms with Crippen molar-refractivity contribution in [3.05, 3.63) is 93.9 Å². The van der Waals surface area contributed by atoms with E-state index in [-0.39, 0.29) is 11.9 Å². The second-order valence-electron chi connectivity index (χ2n) is 6.17. The number of thiophene rings is 1. The molecule has 0 radical (unpaired) electrons. The molecule has 0 spiro atoms. The zero-order valence-electron chi connectivity index (χ0n) is 14.4. The van der Waals surface area contributed by atoms with Gasteiger partial charge in [-0.1, -0.05) is 55.5 Å². The summed E-state index contributed by atoms with van der Waals surface area (Å²) in [6.07, 6.45) is 0.995. The maximum Gasteiger partial charge on any atom is 0.287 e. The van der Waals surface area contributed by atoms with Crippen LogP contribution in [-0.2, 0) is 6.42 Å². The molecule has 0 saturated carbocycles. The van der Waals surface area contributed by atoms with E-state index in [4.69, 9.17) is 4.42 Å². The Bertz CT molecular complexity index is 983. The SMILES string of the molecule is CCc1ccc([C@H](NC(=O)c2cc3ccccc3o2)c2cccs2)cc1. The first-order valence-electron chi connectivity index (χ1n) is 8.66. The molecule has 0 bridgehead atoms. The number of aryl methyl sites for hydroxylation is 1. The average Bonchev–Trinajstić information content (AvgIpc) is 3.35. The lowest BCUT2D eigenvalue weighted by Gasteiger charge is -2.18. The molecule has 0 aliphatic carbocycles. The molecule has 0 aliphatic rings. The first kappa shape index (κ1) is 16.6. The van der Waals surface area contributed by atoms with E-state index in [9.17, 15) is 4.79 Å². The van der Waals surface area contributed by atoms with Crippen LogP contribution in [0.1, 0.15) is 39.5 Å². The molecule has 4 heteroatoms. The van der Waals surface area contributed by atoms with Gasteiger partial charge in [0.25, 0.3) is 5.91 Å². The van der Waals surface area contributed by atoms with E-state index in [0.29, 0.717) is 5.76 Å². The van der Waals surface area contributed by atoms with E-state index in [2.05, 4.69) is 36.5 Å². The van der Waals surface area contributed by atoms with Gasteiger partial charge in [0.1, 0.15) is 5.58 Å². The summed E-state index contributed by atoms with van der Waals surface area (Å²) in [6, 6.07) is 21.7. The predicted molar refractivity (Wildman–Crippen MR) is 106 cm³/mol. The molecule has 0 aliphatic heterocycles. The number of rotatable bonds is 5. The average molecular weight is 361 g/mol. The van der Waals surface area contributed by atoms with Crippen LogP contribution in [0.15, 0.2) is 76.5 Å². The minimum absolute atomic E-state index is 0.193. The summed E-state index contributed by atoms with van der Waals surface area (Å²) < 4.78 is 5.71. The molecule has 2 aromatic heterocycles. The number of carbonyl (C=O) groups is 1. The van der Waals surface area contributed by atoms with E-state index in [1.165, 1.54) is 5.56 Å². The molecule has 1 atom stereocenters. The predicted octanol–water partition coefficient (Wildman–Crippen LogP) is 5.58. The molecule has 4 aromatic rings. The van der Waals surface area contributed by atoms with E-state index in [0.717, 1.165) is 27.8 Å². The second-order valence-corrected chi connectivity index (χ2v) is 7.14. The molecule has 130 valence electrons. The molecule has 0 unspecified atom stereocenters. The molecule has 26 heavy (non-hydrogen) atoms. The van der Waals surface area contributed by atoms with Gasteiger partial charge in [0.05, 0.1) is 6.04 Å². The van der Waals surface area contributed by atoms with E-state index < -0.39 is 0 Å². The van der Waals surface area contributed by atoms with Gasteiger partial charge in [0.15, 0.2) is 5.76 Å². The van der Waals surface area contributed by atoms with Crippen molar-refractivity contribution >= 4 is 28.2 Å². The molecule has 2 heterocycles. The van der Waals surface area contributed by atoms with E-state index in [1.807, 2.05) is 41.8 Å². The highest BCUT2D eigenvalue weighted by molar-refractivity contribution is 7.10. The van der Waals surface area contributed by atoms with Crippen LogP contribution >= 0.6 is 11.3 Å². The molecular formula is C22H19NO2S. The second kappa shape index (κ2) is 7.18. The number of hydrogen-bond donors (Lipinski definition) is 1. The lowest BCUT2D eigenvalue weighted by Crippen LogP contribution is -2.28. The van der Waals surface area contributed by atoms with E-state index >= 15 is 0 Å². The fraction of sp³-hybridized carbons (Fsp3) is 0.136. The van der Waals surface area contributed by atoms with Crippen molar-refractivity contribution < 1.29 is 9.21 Å². The number of amides is 1. The van der Waals surface area contributed by atoms with Gasteiger partial charge in [-0.25, -0.2) is 0 Å². The van der Waals surface area contributed by atoms with Crippen molar-refractivity contribution in [1.82, 2.24) is 5.32 Å². The van der Waals surface area contributed by atoms with Crippen molar-refractivity contribution in [2.24, 2.45) is 0 Å². The lowest BCUT2D eigenvalue weighted by molar-refractivity contribution is 0.0918. The highest BCUT2D eigenvalue weighted by Crippen LogP contribution is 2.27. The van der Waals surface area contributed by atoms with Gasteiger partial charge in [0.2, 0.25) is 0 Å². The number of carbonyl (C=O) groups excluding carboxylic acids is 1. The number of hydrogen-bond acceptors (Lipinski definition) is 3. The molecule has 4 rings (SSSR count). The summed E-state index contributed by atoms with van der Waals surface area (Å²) in [5.41, 5.74) is 3.06. The first-order valence-corrected chi connectivity index (χ1v) is 9.54. The summed E-state index contributed by atoms with van der Waals surface area (Å²) in [7, 11) is 0. The Balaban J connectivity index is 1.64. The van der Waals surface area contributed by atoms with Crippen molar-refractivity contribution in [1.29, 1.82) is 0 Å². The van der Waals surface area contributed by atoms with Gasteiger partial charge in [-0.15, -0.1) is 11.3 Å². The van der Waals surface area contributed by atoms with Gasteiger partial charge < -0.3 is 9.73 Å². The van der Waals surface area contributed by atoms with Gasteiger partial charge in [-0.3, -0.25) is 4.79 Å². The Morgan fingerprint density at radius 2 is 1.88 bits per heavy atom. The van der Waals surface area contributed by atoms with Crippen LogP contribution in [0.2, 0.25) is 0 Å². The van der Waals surface area contributed by atoms with Crippen molar-refractivity contribution in [3.63, 3.8) is 0 Å². The largest absolute Gasteiger partial charge is 0.451 e. The number of furan rings is 1. The Morgan fingerprint density at radius 1 is 1.08 bits per heavy atom.